The van der Waals surface area contributed by atoms with Gasteiger partial charge in [0.2, 0.25) is 0 Å². The minimum Gasteiger partial charge on any atom is -0.490 e. The number of rotatable bonds is 5. The standard InChI is InChI=1S/C26H20F2N2O/c1-2-3-14-31-22-16-29-26(30-17-22)20-9-6-18(7-10-20)4-5-19-8-12-23-21(15-19)11-13-24(27)25(23)28/h6-13,15-17H,2-3,14H2,1H3. The van der Waals surface area contributed by atoms with Crippen LogP contribution in [0.1, 0.15) is 30.9 Å². The third-order valence-electron chi connectivity index (χ3n) is 4.80. The average molecular weight is 414 g/mol. The highest BCUT2D eigenvalue weighted by atomic mass is 19.2. The normalized spacial score (nSPS) is 10.5. The van der Waals surface area contributed by atoms with Crippen LogP contribution in [0, 0.1) is 23.5 Å². The number of hydrogen-bond donors (Lipinski definition) is 0. The molecule has 0 N–H and O–H groups in total. The van der Waals surface area contributed by atoms with Crippen molar-refractivity contribution in [2.75, 3.05) is 6.61 Å². The first-order valence-electron chi connectivity index (χ1n) is 10.1. The van der Waals surface area contributed by atoms with Crippen LogP contribution in [0.4, 0.5) is 8.78 Å². The van der Waals surface area contributed by atoms with Crippen LogP contribution in [0.15, 0.2) is 67.0 Å². The molecule has 31 heavy (non-hydrogen) atoms. The molecule has 3 nitrogen and oxygen atoms in total. The first-order chi connectivity index (χ1) is 15.1. The van der Waals surface area contributed by atoms with E-state index >= 15 is 0 Å². The van der Waals surface area contributed by atoms with Crippen LogP contribution in [-0.4, -0.2) is 16.6 Å². The van der Waals surface area contributed by atoms with Gasteiger partial charge in [0.1, 0.15) is 0 Å². The number of halogens is 2. The number of hydrogen-bond acceptors (Lipinski definition) is 3. The Morgan fingerprint density at radius 1 is 0.871 bits per heavy atom. The van der Waals surface area contributed by atoms with Gasteiger partial charge in [0.25, 0.3) is 0 Å². The first-order valence-corrected chi connectivity index (χ1v) is 10.1. The maximum absolute atomic E-state index is 13.8. The van der Waals surface area contributed by atoms with Gasteiger partial charge in [-0.15, -0.1) is 0 Å². The van der Waals surface area contributed by atoms with Crippen molar-refractivity contribution in [1.29, 1.82) is 0 Å². The monoisotopic (exact) mass is 414 g/mol. The van der Waals surface area contributed by atoms with Crippen molar-refractivity contribution < 1.29 is 13.5 Å². The number of fused-ring (bicyclic) bond motifs is 1. The van der Waals surface area contributed by atoms with Gasteiger partial charge in [0.05, 0.1) is 19.0 Å². The maximum atomic E-state index is 13.8. The predicted octanol–water partition coefficient (Wildman–Crippen LogP) is 6.15. The minimum absolute atomic E-state index is 0.247. The summed E-state index contributed by atoms with van der Waals surface area (Å²) in [5.74, 6) is 5.74. The number of ether oxygens (including phenoxy) is 1. The Morgan fingerprint density at radius 2 is 1.58 bits per heavy atom. The minimum atomic E-state index is -0.853. The van der Waals surface area contributed by atoms with Crippen molar-refractivity contribution >= 4 is 10.8 Å². The van der Waals surface area contributed by atoms with Gasteiger partial charge >= 0.3 is 0 Å². The largest absolute Gasteiger partial charge is 0.490 e. The molecule has 154 valence electrons. The van der Waals surface area contributed by atoms with Crippen LogP contribution < -0.4 is 4.74 Å². The molecule has 4 rings (SSSR count). The Hall–Kier alpha value is -3.78. The molecule has 5 heteroatoms. The smallest absolute Gasteiger partial charge is 0.166 e. The summed E-state index contributed by atoms with van der Waals surface area (Å²) in [5, 5.41) is 0.858. The molecular weight excluding hydrogens is 394 g/mol. The predicted molar refractivity (Wildman–Crippen MR) is 118 cm³/mol. The number of nitrogens with zero attached hydrogens (tertiary/aromatic N) is 2. The van der Waals surface area contributed by atoms with E-state index in [4.69, 9.17) is 4.74 Å². The number of unbranched alkanes of at least 4 members (excludes halogenated alkanes) is 1. The van der Waals surface area contributed by atoms with Crippen molar-refractivity contribution in [3.63, 3.8) is 0 Å². The molecule has 0 bridgehead atoms. The van der Waals surface area contributed by atoms with Gasteiger partial charge in [0, 0.05) is 22.1 Å². The van der Waals surface area contributed by atoms with Gasteiger partial charge < -0.3 is 4.74 Å². The first kappa shape index (κ1) is 20.5. The lowest BCUT2D eigenvalue weighted by Crippen LogP contribution is -1.98. The van der Waals surface area contributed by atoms with Gasteiger partial charge in [-0.25, -0.2) is 18.7 Å². The van der Waals surface area contributed by atoms with E-state index in [2.05, 4.69) is 28.7 Å². The quantitative estimate of drug-likeness (QED) is 0.290. The molecule has 0 radical (unpaired) electrons. The molecule has 0 aliphatic rings. The van der Waals surface area contributed by atoms with Crippen LogP contribution in [0.3, 0.4) is 0 Å². The fourth-order valence-corrected chi connectivity index (χ4v) is 3.06. The van der Waals surface area contributed by atoms with E-state index in [0.717, 1.165) is 35.6 Å². The molecule has 1 aromatic heterocycles. The van der Waals surface area contributed by atoms with Gasteiger partial charge in [-0.1, -0.05) is 37.3 Å². The molecule has 0 aliphatic heterocycles. The van der Waals surface area contributed by atoms with E-state index in [9.17, 15) is 8.78 Å². The zero-order valence-electron chi connectivity index (χ0n) is 17.0. The maximum Gasteiger partial charge on any atom is 0.166 e. The van der Waals surface area contributed by atoms with E-state index < -0.39 is 11.6 Å². The summed E-state index contributed by atoms with van der Waals surface area (Å²) in [6.07, 6.45) is 5.44. The Balaban J connectivity index is 1.47. The van der Waals surface area contributed by atoms with Crippen molar-refractivity contribution in [3.8, 4) is 29.0 Å². The van der Waals surface area contributed by atoms with E-state index in [1.807, 2.05) is 24.3 Å². The van der Waals surface area contributed by atoms with E-state index in [-0.39, 0.29) is 5.39 Å². The number of benzene rings is 3. The van der Waals surface area contributed by atoms with Crippen molar-refractivity contribution in [3.05, 3.63) is 89.8 Å². The molecule has 4 aromatic rings. The van der Waals surface area contributed by atoms with Crippen molar-refractivity contribution in [1.82, 2.24) is 9.97 Å². The lowest BCUT2D eigenvalue weighted by atomic mass is 10.1. The molecule has 0 saturated heterocycles. The highest BCUT2D eigenvalue weighted by molar-refractivity contribution is 5.84. The van der Waals surface area contributed by atoms with Crippen LogP contribution in [0.2, 0.25) is 0 Å². The van der Waals surface area contributed by atoms with Gasteiger partial charge in [-0.05, 0) is 54.3 Å². The zero-order valence-corrected chi connectivity index (χ0v) is 17.0. The fourth-order valence-electron chi connectivity index (χ4n) is 3.06. The summed E-state index contributed by atoms with van der Waals surface area (Å²) < 4.78 is 32.7. The van der Waals surface area contributed by atoms with Crippen LogP contribution >= 0.6 is 0 Å². The Morgan fingerprint density at radius 3 is 2.32 bits per heavy atom. The highest BCUT2D eigenvalue weighted by Gasteiger charge is 2.07. The molecule has 0 atom stereocenters. The molecule has 0 fully saturated rings. The third-order valence-corrected chi connectivity index (χ3v) is 4.80. The second-order valence-corrected chi connectivity index (χ2v) is 7.07. The lowest BCUT2D eigenvalue weighted by molar-refractivity contribution is 0.307. The van der Waals surface area contributed by atoms with Gasteiger partial charge in [0.15, 0.2) is 23.2 Å². The summed E-state index contributed by atoms with van der Waals surface area (Å²) in [5.41, 5.74) is 2.44. The molecule has 1 heterocycles. The van der Waals surface area contributed by atoms with Crippen LogP contribution in [0.5, 0.6) is 5.75 Å². The van der Waals surface area contributed by atoms with Crippen LogP contribution in [-0.2, 0) is 0 Å². The third kappa shape index (κ3) is 4.87. The molecular formula is C26H20F2N2O. The van der Waals surface area contributed by atoms with Crippen molar-refractivity contribution in [2.24, 2.45) is 0 Å². The van der Waals surface area contributed by atoms with Gasteiger partial charge in [-0.3, -0.25) is 0 Å². The fraction of sp³-hybridized carbons (Fsp3) is 0.154. The SMILES string of the molecule is CCCCOc1cnc(-c2ccc(C#Cc3ccc4c(F)c(F)ccc4c3)cc2)nc1. The van der Waals surface area contributed by atoms with Crippen molar-refractivity contribution in [2.45, 2.75) is 19.8 Å². The Kier molecular flexibility index (Phi) is 6.18. The zero-order chi connectivity index (χ0) is 21.6. The topological polar surface area (TPSA) is 35.0 Å². The summed E-state index contributed by atoms with van der Waals surface area (Å²) in [4.78, 5) is 8.73. The average Bonchev–Trinajstić information content (AvgIpc) is 2.81. The van der Waals surface area contributed by atoms with E-state index in [1.165, 1.54) is 0 Å². The summed E-state index contributed by atoms with van der Waals surface area (Å²) >= 11 is 0. The summed E-state index contributed by atoms with van der Waals surface area (Å²) in [6, 6.07) is 15.3. The molecule has 0 unspecified atom stereocenters. The molecule has 3 aromatic carbocycles. The lowest BCUT2D eigenvalue weighted by Gasteiger charge is -2.05. The Bertz CT molecular complexity index is 1260. The molecule has 0 amide bonds. The summed E-state index contributed by atoms with van der Waals surface area (Å²) in [7, 11) is 0. The second-order valence-electron chi connectivity index (χ2n) is 7.07. The second kappa shape index (κ2) is 9.36. The Labute approximate surface area is 179 Å². The van der Waals surface area contributed by atoms with E-state index in [1.54, 1.807) is 36.7 Å². The molecule has 0 spiro atoms. The molecule has 0 saturated carbocycles. The highest BCUT2D eigenvalue weighted by Crippen LogP contribution is 2.22. The van der Waals surface area contributed by atoms with Crippen LogP contribution in [0.25, 0.3) is 22.2 Å². The molecule has 0 aliphatic carbocycles. The number of aromatic nitrogens is 2. The van der Waals surface area contributed by atoms with Gasteiger partial charge in [-0.2, -0.15) is 0 Å². The summed E-state index contributed by atoms with van der Waals surface area (Å²) in [6.45, 7) is 2.78. The van der Waals surface area contributed by atoms with E-state index in [0.29, 0.717) is 23.6 Å².